The Kier molecular flexibility index (Phi) is 6.52. The third-order valence-electron chi connectivity index (χ3n) is 4.95. The Bertz CT molecular complexity index is 952. The smallest absolute Gasteiger partial charge is 0.241 e. The molecule has 0 radical (unpaired) electrons. The van der Waals surface area contributed by atoms with Gasteiger partial charge in [-0.1, -0.05) is 18.2 Å². The number of anilines is 3. The molecule has 2 N–H and O–H groups in total. The number of fused-ring (bicyclic) bond motifs is 1. The number of aryl methyl sites for hydroxylation is 2. The fourth-order valence-corrected chi connectivity index (χ4v) is 3.82. The van der Waals surface area contributed by atoms with Crippen LogP contribution in [0.4, 0.5) is 17.1 Å². The van der Waals surface area contributed by atoms with Crippen LogP contribution in [-0.4, -0.2) is 48.8 Å². The van der Waals surface area contributed by atoms with Gasteiger partial charge in [0.1, 0.15) is 0 Å². The van der Waals surface area contributed by atoms with Gasteiger partial charge in [-0.25, -0.2) is 0 Å². The van der Waals surface area contributed by atoms with E-state index < -0.39 is 0 Å². The molecule has 7 nitrogen and oxygen atoms in total. The summed E-state index contributed by atoms with van der Waals surface area (Å²) in [7, 11) is 1.73. The number of hydrogen-bond donors (Lipinski definition) is 2. The van der Waals surface area contributed by atoms with Gasteiger partial charge in [-0.05, 0) is 63.2 Å². The van der Waals surface area contributed by atoms with Crippen molar-refractivity contribution in [3.63, 3.8) is 0 Å². The van der Waals surface area contributed by atoms with Crippen LogP contribution in [0.15, 0.2) is 42.5 Å². The summed E-state index contributed by atoms with van der Waals surface area (Å²) in [5, 5.41) is 5.74. The molecule has 0 aliphatic carbocycles. The summed E-state index contributed by atoms with van der Waals surface area (Å²) < 4.78 is 0. The highest BCUT2D eigenvalue weighted by Gasteiger charge is 2.30. The van der Waals surface area contributed by atoms with Gasteiger partial charge in [-0.3, -0.25) is 19.3 Å². The molecule has 1 aliphatic heterocycles. The van der Waals surface area contributed by atoms with Crippen molar-refractivity contribution in [3.8, 4) is 0 Å². The van der Waals surface area contributed by atoms with E-state index in [2.05, 4.69) is 10.6 Å². The van der Waals surface area contributed by atoms with Gasteiger partial charge in [0.05, 0.1) is 24.5 Å². The van der Waals surface area contributed by atoms with Crippen LogP contribution in [0, 0.1) is 13.8 Å². The Hall–Kier alpha value is -3.19. The number of amides is 3. The van der Waals surface area contributed by atoms with Crippen molar-refractivity contribution >= 4 is 34.8 Å². The van der Waals surface area contributed by atoms with Gasteiger partial charge in [0, 0.05) is 18.2 Å². The molecule has 0 fully saturated rings. The zero-order valence-corrected chi connectivity index (χ0v) is 17.9. The summed E-state index contributed by atoms with van der Waals surface area (Å²) in [4.78, 5) is 40.9. The van der Waals surface area contributed by atoms with Gasteiger partial charge in [-0.2, -0.15) is 0 Å². The van der Waals surface area contributed by atoms with E-state index >= 15 is 0 Å². The Morgan fingerprint density at radius 2 is 1.80 bits per heavy atom. The van der Waals surface area contributed by atoms with E-state index in [1.54, 1.807) is 22.9 Å². The normalized spacial score (nSPS) is 16.0. The Labute approximate surface area is 177 Å². The highest BCUT2D eigenvalue weighted by Crippen LogP contribution is 2.31. The minimum Gasteiger partial charge on any atom is -0.325 e. The van der Waals surface area contributed by atoms with E-state index in [1.165, 1.54) is 0 Å². The lowest BCUT2D eigenvalue weighted by atomic mass is 10.1. The van der Waals surface area contributed by atoms with Crippen LogP contribution in [0.2, 0.25) is 0 Å². The summed E-state index contributed by atoms with van der Waals surface area (Å²) in [5.74, 6) is -0.462. The first-order chi connectivity index (χ1) is 14.2. The first kappa shape index (κ1) is 21.5. The molecule has 3 amide bonds. The standard InChI is InChI=1S/C23H28N4O3/c1-15-9-16(2)11-18(10-15)24-22(29)13-26(4)14-23(30)27-17(3)12-21(28)25-19-7-5-6-8-20(19)27/h5-11,17H,12-14H2,1-4H3,(H,24,29)(H,25,28)/t17-/m0/s1. The molecule has 1 heterocycles. The van der Waals surface area contributed by atoms with Crippen molar-refractivity contribution in [1.29, 1.82) is 0 Å². The molecular weight excluding hydrogens is 380 g/mol. The molecule has 0 saturated heterocycles. The molecule has 0 aromatic heterocycles. The second-order valence-electron chi connectivity index (χ2n) is 7.98. The van der Waals surface area contributed by atoms with Gasteiger partial charge in [-0.15, -0.1) is 0 Å². The van der Waals surface area contributed by atoms with Crippen molar-refractivity contribution in [2.45, 2.75) is 33.2 Å². The molecule has 2 aromatic rings. The molecule has 30 heavy (non-hydrogen) atoms. The average molecular weight is 409 g/mol. The predicted octanol–water partition coefficient (Wildman–Crippen LogP) is 2.94. The lowest BCUT2D eigenvalue weighted by molar-refractivity contribution is -0.121. The summed E-state index contributed by atoms with van der Waals surface area (Å²) >= 11 is 0. The highest BCUT2D eigenvalue weighted by molar-refractivity contribution is 6.05. The average Bonchev–Trinajstić information content (AvgIpc) is 2.74. The monoisotopic (exact) mass is 408 g/mol. The van der Waals surface area contributed by atoms with Crippen molar-refractivity contribution in [2.75, 3.05) is 35.7 Å². The van der Waals surface area contributed by atoms with Crippen LogP contribution in [0.25, 0.3) is 0 Å². The van der Waals surface area contributed by atoms with E-state index in [0.29, 0.717) is 11.4 Å². The number of carbonyl (C=O) groups is 3. The molecule has 1 aliphatic rings. The molecule has 2 aromatic carbocycles. The van der Waals surface area contributed by atoms with Gasteiger partial charge < -0.3 is 15.5 Å². The summed E-state index contributed by atoms with van der Waals surface area (Å²) in [6.07, 6.45) is 0.220. The number of para-hydroxylation sites is 2. The quantitative estimate of drug-likeness (QED) is 0.797. The van der Waals surface area contributed by atoms with Crippen LogP contribution in [0.5, 0.6) is 0 Å². The van der Waals surface area contributed by atoms with Crippen molar-refractivity contribution in [3.05, 3.63) is 53.6 Å². The molecule has 0 spiro atoms. The van der Waals surface area contributed by atoms with Crippen LogP contribution in [0.3, 0.4) is 0 Å². The molecule has 0 saturated carbocycles. The van der Waals surface area contributed by atoms with E-state index in [1.807, 2.05) is 57.2 Å². The van der Waals surface area contributed by atoms with Crippen molar-refractivity contribution in [2.24, 2.45) is 0 Å². The third kappa shape index (κ3) is 5.24. The molecular formula is C23H28N4O3. The largest absolute Gasteiger partial charge is 0.325 e. The third-order valence-corrected chi connectivity index (χ3v) is 4.95. The second-order valence-corrected chi connectivity index (χ2v) is 7.98. The maximum absolute atomic E-state index is 13.1. The topological polar surface area (TPSA) is 81.8 Å². The van der Waals surface area contributed by atoms with E-state index in [-0.39, 0.29) is 43.3 Å². The number of carbonyl (C=O) groups excluding carboxylic acids is 3. The highest BCUT2D eigenvalue weighted by atomic mass is 16.2. The summed E-state index contributed by atoms with van der Waals surface area (Å²) in [6, 6.07) is 12.9. The zero-order valence-electron chi connectivity index (χ0n) is 17.9. The van der Waals surface area contributed by atoms with Gasteiger partial charge in [0.15, 0.2) is 0 Å². The fraction of sp³-hybridized carbons (Fsp3) is 0.348. The Morgan fingerprint density at radius 1 is 1.13 bits per heavy atom. The lowest BCUT2D eigenvalue weighted by Gasteiger charge is -2.29. The molecule has 0 unspecified atom stereocenters. The minimum absolute atomic E-state index is 0.0626. The number of nitrogens with zero attached hydrogens (tertiary/aromatic N) is 2. The van der Waals surface area contributed by atoms with Crippen LogP contribution < -0.4 is 15.5 Å². The Morgan fingerprint density at radius 3 is 2.50 bits per heavy atom. The summed E-state index contributed by atoms with van der Waals surface area (Å²) in [5.41, 5.74) is 4.19. The molecule has 7 heteroatoms. The van der Waals surface area contributed by atoms with Gasteiger partial charge >= 0.3 is 0 Å². The fourth-order valence-electron chi connectivity index (χ4n) is 3.82. The minimum atomic E-state index is -0.279. The summed E-state index contributed by atoms with van der Waals surface area (Å²) in [6.45, 7) is 5.96. The van der Waals surface area contributed by atoms with Crippen LogP contribution in [-0.2, 0) is 14.4 Å². The molecule has 1 atom stereocenters. The number of benzene rings is 2. The maximum atomic E-state index is 13.1. The van der Waals surface area contributed by atoms with E-state index in [9.17, 15) is 14.4 Å². The van der Waals surface area contributed by atoms with Crippen LogP contribution in [0.1, 0.15) is 24.5 Å². The van der Waals surface area contributed by atoms with Crippen LogP contribution >= 0.6 is 0 Å². The molecule has 3 rings (SSSR count). The second kappa shape index (κ2) is 9.09. The number of rotatable bonds is 5. The van der Waals surface area contributed by atoms with Crippen molar-refractivity contribution in [1.82, 2.24) is 4.90 Å². The SMILES string of the molecule is Cc1cc(C)cc(NC(=O)CN(C)CC(=O)N2c3ccccc3NC(=O)C[C@@H]2C)c1. The maximum Gasteiger partial charge on any atom is 0.241 e. The molecule has 0 bridgehead atoms. The zero-order chi connectivity index (χ0) is 21.8. The van der Waals surface area contributed by atoms with Crippen molar-refractivity contribution < 1.29 is 14.4 Å². The predicted molar refractivity (Wildman–Crippen MR) is 119 cm³/mol. The van der Waals surface area contributed by atoms with E-state index in [4.69, 9.17) is 0 Å². The number of nitrogens with one attached hydrogen (secondary N) is 2. The Balaban J connectivity index is 1.66. The first-order valence-electron chi connectivity index (χ1n) is 10.0. The lowest BCUT2D eigenvalue weighted by Crippen LogP contribution is -2.45. The van der Waals surface area contributed by atoms with E-state index in [0.717, 1.165) is 16.8 Å². The number of likely N-dealkylation sites (N-methyl/N-ethyl adjacent to an activating group) is 1. The van der Waals surface area contributed by atoms with Gasteiger partial charge in [0.25, 0.3) is 0 Å². The first-order valence-corrected chi connectivity index (χ1v) is 10.0. The molecule has 158 valence electrons. The van der Waals surface area contributed by atoms with Gasteiger partial charge in [0.2, 0.25) is 17.7 Å². The number of hydrogen-bond acceptors (Lipinski definition) is 4.